The van der Waals surface area contributed by atoms with Gasteiger partial charge < -0.3 is 5.11 Å². The van der Waals surface area contributed by atoms with Gasteiger partial charge in [0.25, 0.3) is 11.1 Å². The zero-order valence-corrected chi connectivity index (χ0v) is 17.3. The minimum absolute atomic E-state index is 0.194. The maximum atomic E-state index is 12.5. The zero-order valence-electron chi connectivity index (χ0n) is 12.2. The minimum Gasteiger partial charge on any atom is -0.507 e. The van der Waals surface area contributed by atoms with Crippen molar-refractivity contribution in [1.29, 1.82) is 0 Å². The van der Waals surface area contributed by atoms with E-state index in [-0.39, 0.29) is 23.4 Å². The van der Waals surface area contributed by atoms with Crippen LogP contribution in [0.1, 0.15) is 11.1 Å². The van der Waals surface area contributed by atoms with Crippen LogP contribution in [0, 0.1) is 7.14 Å². The Morgan fingerprint density at radius 2 is 1.79 bits per heavy atom. The van der Waals surface area contributed by atoms with Crippen LogP contribution in [0.2, 0.25) is 0 Å². The number of rotatable bonds is 3. The summed E-state index contributed by atoms with van der Waals surface area (Å²) in [4.78, 5) is 26.3. The van der Waals surface area contributed by atoms with Crippen molar-refractivity contribution in [3.05, 3.63) is 65.6 Å². The molecule has 4 nitrogen and oxygen atoms in total. The molecule has 0 saturated carbocycles. The number of carbonyl (C=O) groups excluding carboxylic acids is 2. The van der Waals surface area contributed by atoms with Crippen LogP contribution in [0.5, 0.6) is 5.75 Å². The molecule has 1 heterocycles. The Balaban J connectivity index is 1.81. The summed E-state index contributed by atoms with van der Waals surface area (Å²) in [6.07, 6.45) is 1.68. The van der Waals surface area contributed by atoms with Crippen LogP contribution in [0.4, 0.5) is 4.79 Å². The molecule has 0 spiro atoms. The van der Waals surface area contributed by atoms with E-state index in [0.29, 0.717) is 8.48 Å². The monoisotopic (exact) mass is 563 g/mol. The number of nitrogens with zero attached hydrogens (tertiary/aromatic N) is 1. The Labute approximate surface area is 170 Å². The van der Waals surface area contributed by atoms with Gasteiger partial charge in [-0.25, -0.2) is 0 Å². The number of halogens is 2. The van der Waals surface area contributed by atoms with E-state index < -0.39 is 0 Å². The third-order valence-electron chi connectivity index (χ3n) is 3.40. The molecule has 2 amide bonds. The van der Waals surface area contributed by atoms with Crippen molar-refractivity contribution >= 4 is 74.2 Å². The van der Waals surface area contributed by atoms with E-state index in [1.54, 1.807) is 24.3 Å². The molecule has 1 fully saturated rings. The van der Waals surface area contributed by atoms with Crippen molar-refractivity contribution in [3.63, 3.8) is 0 Å². The van der Waals surface area contributed by atoms with Gasteiger partial charge in [-0.3, -0.25) is 14.5 Å². The number of aromatic hydroxyl groups is 1. The topological polar surface area (TPSA) is 57.6 Å². The fourth-order valence-corrected chi connectivity index (χ4v) is 3.91. The lowest BCUT2D eigenvalue weighted by molar-refractivity contribution is -0.123. The molecular weight excluding hydrogens is 552 g/mol. The summed E-state index contributed by atoms with van der Waals surface area (Å²) in [6.45, 7) is 0.270. The second-order valence-electron chi connectivity index (χ2n) is 5.11. The molecule has 0 unspecified atom stereocenters. The van der Waals surface area contributed by atoms with Gasteiger partial charge in [0, 0.05) is 3.57 Å². The lowest BCUT2D eigenvalue weighted by atomic mass is 10.2. The molecule has 1 aliphatic heterocycles. The maximum Gasteiger partial charge on any atom is 0.293 e. The number of amides is 2. The molecule has 0 aromatic heterocycles. The third kappa shape index (κ3) is 3.94. The van der Waals surface area contributed by atoms with Gasteiger partial charge in [0.2, 0.25) is 0 Å². The zero-order chi connectivity index (χ0) is 17.3. The summed E-state index contributed by atoms with van der Waals surface area (Å²) in [7, 11) is 0. The normalized spacial score (nSPS) is 16.2. The molecular formula is C17H11I2NO3S. The highest BCUT2D eigenvalue weighted by molar-refractivity contribution is 14.1. The van der Waals surface area contributed by atoms with Gasteiger partial charge in [-0.05, 0) is 98.4 Å². The minimum atomic E-state index is -0.286. The molecule has 1 N–H and O–H groups in total. The highest BCUT2D eigenvalue weighted by Gasteiger charge is 2.34. The van der Waals surface area contributed by atoms with Crippen molar-refractivity contribution in [2.45, 2.75) is 6.54 Å². The molecule has 24 heavy (non-hydrogen) atoms. The number of thioether (sulfide) groups is 1. The number of imide groups is 1. The van der Waals surface area contributed by atoms with Gasteiger partial charge >= 0.3 is 0 Å². The van der Waals surface area contributed by atoms with Crippen LogP contribution < -0.4 is 0 Å². The highest BCUT2D eigenvalue weighted by Crippen LogP contribution is 2.34. The predicted octanol–water partition coefficient (Wildman–Crippen LogP) is 4.84. The second kappa shape index (κ2) is 7.44. The Morgan fingerprint density at radius 1 is 1.08 bits per heavy atom. The number of benzene rings is 2. The van der Waals surface area contributed by atoms with Crippen molar-refractivity contribution in [1.82, 2.24) is 4.90 Å². The summed E-state index contributed by atoms with van der Waals surface area (Å²) >= 11 is 5.17. The standard InChI is InChI=1S/C17H11I2NO3S/c18-12-4-1-10(2-5-12)9-20-16(22)15(24-17(20)23)8-11-3-6-14(21)13(19)7-11/h1-8,21H,9H2/b15-8-. The Kier molecular flexibility index (Phi) is 5.50. The lowest BCUT2D eigenvalue weighted by Gasteiger charge is -2.12. The Morgan fingerprint density at radius 3 is 2.46 bits per heavy atom. The van der Waals surface area contributed by atoms with E-state index in [4.69, 9.17) is 0 Å². The summed E-state index contributed by atoms with van der Waals surface area (Å²) in [5.41, 5.74) is 1.69. The van der Waals surface area contributed by atoms with Crippen molar-refractivity contribution in [2.75, 3.05) is 0 Å². The van der Waals surface area contributed by atoms with Crippen LogP contribution in [0.25, 0.3) is 6.08 Å². The quantitative estimate of drug-likeness (QED) is 0.430. The number of carbonyl (C=O) groups is 2. The molecule has 0 atom stereocenters. The van der Waals surface area contributed by atoms with E-state index >= 15 is 0 Å². The van der Waals surface area contributed by atoms with E-state index in [0.717, 1.165) is 26.5 Å². The summed E-state index contributed by atoms with van der Waals surface area (Å²) in [5, 5.41) is 9.30. The van der Waals surface area contributed by atoms with Crippen LogP contribution in [0.15, 0.2) is 47.4 Å². The SMILES string of the molecule is O=C1S/C(=C\c2ccc(O)c(I)c2)C(=O)N1Cc1ccc(I)cc1. The molecule has 1 aliphatic rings. The first-order valence-electron chi connectivity index (χ1n) is 6.92. The molecule has 3 rings (SSSR count). The average molecular weight is 563 g/mol. The Bertz CT molecular complexity index is 849. The lowest BCUT2D eigenvalue weighted by Crippen LogP contribution is -2.27. The van der Waals surface area contributed by atoms with Crippen LogP contribution in [-0.4, -0.2) is 21.2 Å². The van der Waals surface area contributed by atoms with Crippen LogP contribution in [-0.2, 0) is 11.3 Å². The summed E-state index contributed by atoms with van der Waals surface area (Å²) in [6, 6.07) is 12.8. The second-order valence-corrected chi connectivity index (χ2v) is 8.51. The summed E-state index contributed by atoms with van der Waals surface area (Å²) < 4.78 is 1.80. The molecule has 0 radical (unpaired) electrons. The first kappa shape index (κ1) is 17.7. The van der Waals surface area contributed by atoms with Crippen molar-refractivity contribution in [2.24, 2.45) is 0 Å². The largest absolute Gasteiger partial charge is 0.507 e. The first-order valence-corrected chi connectivity index (χ1v) is 9.90. The maximum absolute atomic E-state index is 12.5. The molecule has 0 aliphatic carbocycles. The van der Waals surface area contributed by atoms with E-state index in [1.165, 1.54) is 4.90 Å². The van der Waals surface area contributed by atoms with Gasteiger partial charge in [0.1, 0.15) is 5.75 Å². The van der Waals surface area contributed by atoms with E-state index in [1.807, 2.05) is 46.9 Å². The summed E-state index contributed by atoms with van der Waals surface area (Å²) in [5.74, 6) is -0.0915. The van der Waals surface area contributed by atoms with Crippen LogP contribution >= 0.6 is 56.9 Å². The first-order chi connectivity index (χ1) is 11.4. The number of hydrogen-bond donors (Lipinski definition) is 1. The van der Waals surface area contributed by atoms with Gasteiger partial charge in [0.05, 0.1) is 15.0 Å². The number of hydrogen-bond acceptors (Lipinski definition) is 4. The fraction of sp³-hybridized carbons (Fsp3) is 0.0588. The third-order valence-corrected chi connectivity index (χ3v) is 5.89. The van der Waals surface area contributed by atoms with Gasteiger partial charge in [0.15, 0.2) is 0 Å². The highest BCUT2D eigenvalue weighted by atomic mass is 127. The van der Waals surface area contributed by atoms with Crippen LogP contribution in [0.3, 0.4) is 0 Å². The predicted molar refractivity (Wildman–Crippen MR) is 111 cm³/mol. The molecule has 0 bridgehead atoms. The van der Waals surface area contributed by atoms with Crippen molar-refractivity contribution in [3.8, 4) is 5.75 Å². The average Bonchev–Trinajstić information content (AvgIpc) is 2.80. The molecule has 122 valence electrons. The van der Waals surface area contributed by atoms with Crippen molar-refractivity contribution < 1.29 is 14.7 Å². The fourth-order valence-electron chi connectivity index (χ4n) is 2.17. The van der Waals surface area contributed by atoms with Gasteiger partial charge in [-0.15, -0.1) is 0 Å². The molecule has 1 saturated heterocycles. The molecule has 7 heteroatoms. The molecule has 2 aromatic rings. The number of phenolic OH excluding ortho intramolecular Hbond substituents is 1. The smallest absolute Gasteiger partial charge is 0.293 e. The molecule has 2 aromatic carbocycles. The van der Waals surface area contributed by atoms with E-state index in [2.05, 4.69) is 22.6 Å². The Hall–Kier alpha value is -1.07. The van der Waals surface area contributed by atoms with E-state index in [9.17, 15) is 14.7 Å². The van der Waals surface area contributed by atoms with Gasteiger partial charge in [-0.1, -0.05) is 18.2 Å². The van der Waals surface area contributed by atoms with Gasteiger partial charge in [-0.2, -0.15) is 0 Å². The number of phenols is 1.